The van der Waals surface area contributed by atoms with Crippen molar-refractivity contribution in [3.63, 3.8) is 0 Å². The Labute approximate surface area is 164 Å². The van der Waals surface area contributed by atoms with Crippen molar-refractivity contribution in [1.82, 2.24) is 26.6 Å². The zero-order valence-electron chi connectivity index (χ0n) is 17.3. The predicted octanol–water partition coefficient (Wildman–Crippen LogP) is 1.12. The van der Waals surface area contributed by atoms with Gasteiger partial charge in [0.25, 0.3) is 0 Å². The van der Waals surface area contributed by atoms with Crippen molar-refractivity contribution in [3.8, 4) is 0 Å². The van der Waals surface area contributed by atoms with E-state index in [-0.39, 0.29) is 6.29 Å². The van der Waals surface area contributed by atoms with Gasteiger partial charge in [0.05, 0.1) is 12.3 Å². The van der Waals surface area contributed by atoms with Crippen molar-refractivity contribution in [2.45, 2.75) is 76.6 Å². The molecule has 0 aromatic carbocycles. The highest BCUT2D eigenvalue weighted by molar-refractivity contribution is 5.15. The first-order valence-corrected chi connectivity index (χ1v) is 11.1. The van der Waals surface area contributed by atoms with Crippen molar-refractivity contribution in [3.05, 3.63) is 11.6 Å². The van der Waals surface area contributed by atoms with E-state index >= 15 is 0 Å². The minimum Gasteiger partial charge on any atom is -0.377 e. The lowest BCUT2D eigenvalue weighted by Crippen LogP contribution is -2.71. The summed E-state index contributed by atoms with van der Waals surface area (Å²) in [5.74, 6) is 1.85. The summed E-state index contributed by atoms with van der Waals surface area (Å²) in [5, 5.41) is 18.3. The molecule has 0 aromatic rings. The highest BCUT2D eigenvalue weighted by atomic mass is 16.5. The van der Waals surface area contributed by atoms with Gasteiger partial charge in [-0.1, -0.05) is 18.6 Å². The van der Waals surface area contributed by atoms with E-state index in [1.807, 2.05) is 7.05 Å². The van der Waals surface area contributed by atoms with Gasteiger partial charge in [-0.05, 0) is 64.5 Å². The first-order valence-electron chi connectivity index (χ1n) is 11.1. The molecule has 3 aliphatic heterocycles. The summed E-state index contributed by atoms with van der Waals surface area (Å²) in [5.41, 5.74) is 1.64. The Morgan fingerprint density at radius 1 is 1.19 bits per heavy atom. The van der Waals surface area contributed by atoms with E-state index in [2.05, 4.69) is 46.5 Å². The third-order valence-corrected chi connectivity index (χ3v) is 7.39. The van der Waals surface area contributed by atoms with E-state index in [0.29, 0.717) is 42.1 Å². The number of rotatable bonds is 4. The molecule has 0 spiro atoms. The summed E-state index contributed by atoms with van der Waals surface area (Å²) in [6.45, 7) is 7.69. The highest BCUT2D eigenvalue weighted by Gasteiger charge is 2.43. The number of hydrogen-bond acceptors (Lipinski definition) is 6. The standard InChI is InChI=1S/C21H39N5O/c1-13-14(2)24-21(26-20(13)22-3)25-17-11-16-7-10-27-19(16)18(12-17)15-5-4-8-23-9-6-15/h6,13-14,16-26H,4-5,7-12H2,1-3H3. The fraction of sp³-hybridized carbons (Fsp3) is 0.905. The molecule has 0 radical (unpaired) electrons. The van der Waals surface area contributed by atoms with Crippen LogP contribution in [-0.2, 0) is 4.74 Å². The first-order chi connectivity index (χ1) is 13.2. The Bertz CT molecular complexity index is 527. The van der Waals surface area contributed by atoms with Gasteiger partial charge in [-0.15, -0.1) is 0 Å². The molecular formula is C21H39N5O. The number of ether oxygens (including phenoxy) is 1. The van der Waals surface area contributed by atoms with Crippen LogP contribution in [0.5, 0.6) is 0 Å². The molecule has 0 amide bonds. The van der Waals surface area contributed by atoms with E-state index in [1.54, 1.807) is 5.57 Å². The third kappa shape index (κ3) is 4.41. The van der Waals surface area contributed by atoms with Crippen LogP contribution in [0.25, 0.3) is 0 Å². The van der Waals surface area contributed by atoms with E-state index in [1.165, 1.54) is 32.1 Å². The van der Waals surface area contributed by atoms with Crippen LogP contribution in [-0.4, -0.2) is 57.4 Å². The van der Waals surface area contributed by atoms with Gasteiger partial charge < -0.3 is 15.4 Å². The Kier molecular flexibility index (Phi) is 6.52. The number of fused-ring (bicyclic) bond motifs is 1. The average Bonchev–Trinajstić information content (AvgIpc) is 2.96. The topological polar surface area (TPSA) is 69.4 Å². The van der Waals surface area contributed by atoms with E-state index in [9.17, 15) is 0 Å². The highest BCUT2D eigenvalue weighted by Crippen LogP contribution is 2.42. The van der Waals surface area contributed by atoms with Gasteiger partial charge in [-0.25, -0.2) is 0 Å². The van der Waals surface area contributed by atoms with Crippen molar-refractivity contribution in [1.29, 1.82) is 0 Å². The predicted molar refractivity (Wildman–Crippen MR) is 109 cm³/mol. The lowest BCUT2D eigenvalue weighted by atomic mass is 9.72. The minimum absolute atomic E-state index is 0.169. The molecule has 1 aliphatic carbocycles. The summed E-state index contributed by atoms with van der Waals surface area (Å²) in [7, 11) is 2.05. The Hall–Kier alpha value is -0.500. The van der Waals surface area contributed by atoms with Crippen molar-refractivity contribution >= 4 is 0 Å². The maximum Gasteiger partial charge on any atom is 0.113 e. The molecular weight excluding hydrogens is 338 g/mol. The van der Waals surface area contributed by atoms with Gasteiger partial charge in [0.15, 0.2) is 0 Å². The molecule has 0 bridgehead atoms. The molecule has 3 heterocycles. The van der Waals surface area contributed by atoms with Crippen LogP contribution >= 0.6 is 0 Å². The SMILES string of the molecule is CNC1NC(NC2CC3CCOC3C(C3=CCNCCC3)C2)NC(C)C1C. The Morgan fingerprint density at radius 3 is 2.93 bits per heavy atom. The molecule has 5 N–H and O–H groups in total. The van der Waals surface area contributed by atoms with Gasteiger partial charge in [-0.2, -0.15) is 0 Å². The molecule has 8 atom stereocenters. The third-order valence-electron chi connectivity index (χ3n) is 7.39. The van der Waals surface area contributed by atoms with Crippen molar-refractivity contribution in [2.75, 3.05) is 26.7 Å². The maximum atomic E-state index is 6.24. The maximum absolute atomic E-state index is 6.24. The van der Waals surface area contributed by atoms with Crippen LogP contribution in [0.2, 0.25) is 0 Å². The normalized spacial score (nSPS) is 45.8. The van der Waals surface area contributed by atoms with E-state index in [0.717, 1.165) is 19.7 Å². The van der Waals surface area contributed by atoms with Crippen LogP contribution in [0.15, 0.2) is 11.6 Å². The second-order valence-electron chi connectivity index (χ2n) is 9.09. The largest absolute Gasteiger partial charge is 0.377 e. The van der Waals surface area contributed by atoms with Crippen LogP contribution in [0, 0.1) is 17.8 Å². The van der Waals surface area contributed by atoms with Gasteiger partial charge in [0.2, 0.25) is 0 Å². The van der Waals surface area contributed by atoms with Crippen molar-refractivity contribution < 1.29 is 4.74 Å². The number of nitrogens with one attached hydrogen (secondary N) is 5. The lowest BCUT2D eigenvalue weighted by Gasteiger charge is -2.45. The second kappa shape index (κ2) is 8.89. The summed E-state index contributed by atoms with van der Waals surface area (Å²) in [6.07, 6.45) is 9.56. The Morgan fingerprint density at radius 2 is 2.07 bits per heavy atom. The molecule has 27 heavy (non-hydrogen) atoms. The molecule has 8 unspecified atom stereocenters. The molecule has 0 aromatic heterocycles. The van der Waals surface area contributed by atoms with Gasteiger partial charge >= 0.3 is 0 Å². The summed E-state index contributed by atoms with van der Waals surface area (Å²) in [4.78, 5) is 0. The van der Waals surface area contributed by atoms with Crippen LogP contribution in [0.1, 0.15) is 46.0 Å². The van der Waals surface area contributed by atoms with Gasteiger partial charge in [0, 0.05) is 31.2 Å². The zero-order chi connectivity index (χ0) is 18.8. The van der Waals surface area contributed by atoms with Crippen LogP contribution in [0.3, 0.4) is 0 Å². The lowest BCUT2D eigenvalue weighted by molar-refractivity contribution is 0.0163. The van der Waals surface area contributed by atoms with Gasteiger partial charge in [0.1, 0.15) is 6.29 Å². The van der Waals surface area contributed by atoms with E-state index in [4.69, 9.17) is 4.74 Å². The Balaban J connectivity index is 1.43. The smallest absolute Gasteiger partial charge is 0.113 e. The molecule has 154 valence electrons. The summed E-state index contributed by atoms with van der Waals surface area (Å²) in [6, 6.07) is 1.02. The summed E-state index contributed by atoms with van der Waals surface area (Å²) >= 11 is 0. The second-order valence-corrected chi connectivity index (χ2v) is 9.09. The zero-order valence-corrected chi connectivity index (χ0v) is 17.3. The molecule has 3 fully saturated rings. The molecule has 1 saturated carbocycles. The summed E-state index contributed by atoms with van der Waals surface area (Å²) < 4.78 is 6.24. The minimum atomic E-state index is 0.169. The fourth-order valence-corrected chi connectivity index (χ4v) is 5.68. The van der Waals surface area contributed by atoms with Crippen LogP contribution in [0.4, 0.5) is 0 Å². The first kappa shape index (κ1) is 19.8. The molecule has 2 saturated heterocycles. The van der Waals surface area contributed by atoms with E-state index < -0.39 is 0 Å². The molecule has 6 nitrogen and oxygen atoms in total. The molecule has 6 heteroatoms. The molecule has 4 rings (SSSR count). The molecule has 4 aliphatic rings. The fourth-order valence-electron chi connectivity index (χ4n) is 5.68. The van der Waals surface area contributed by atoms with Crippen molar-refractivity contribution in [2.24, 2.45) is 17.8 Å². The average molecular weight is 378 g/mol. The quantitative estimate of drug-likeness (QED) is 0.473. The monoisotopic (exact) mass is 377 g/mol. The van der Waals surface area contributed by atoms with Gasteiger partial charge in [-0.3, -0.25) is 16.0 Å². The van der Waals surface area contributed by atoms with Crippen LogP contribution < -0.4 is 26.6 Å². The number of hydrogen-bond donors (Lipinski definition) is 5.